The summed E-state index contributed by atoms with van der Waals surface area (Å²) in [7, 11) is 0. The van der Waals surface area contributed by atoms with E-state index in [1.807, 2.05) is 0 Å². The van der Waals surface area contributed by atoms with Crippen molar-refractivity contribution in [2.75, 3.05) is 11.5 Å². The Morgan fingerprint density at radius 3 is 2.04 bits per heavy atom. The lowest BCUT2D eigenvalue weighted by Crippen LogP contribution is -2.04. The van der Waals surface area contributed by atoms with E-state index in [9.17, 15) is 17.6 Å². The molecule has 28 heavy (non-hydrogen) atoms. The number of imidazole rings is 1. The molecule has 0 radical (unpaired) electrons. The van der Waals surface area contributed by atoms with Crippen LogP contribution in [-0.2, 0) is 0 Å². The predicted molar refractivity (Wildman–Crippen MR) is 96.7 cm³/mol. The van der Waals surface area contributed by atoms with E-state index < -0.39 is 34.6 Å². The van der Waals surface area contributed by atoms with Crippen LogP contribution in [0.2, 0.25) is 0 Å². The zero-order valence-electron chi connectivity index (χ0n) is 14.1. The van der Waals surface area contributed by atoms with Crippen molar-refractivity contribution in [2.24, 2.45) is 0 Å². The molecule has 4 rings (SSSR count). The Labute approximate surface area is 155 Å². The minimum Gasteiger partial charge on any atom is -0.451 e. The first-order valence-corrected chi connectivity index (χ1v) is 8.00. The van der Waals surface area contributed by atoms with Crippen LogP contribution in [0, 0.1) is 23.3 Å². The van der Waals surface area contributed by atoms with Gasteiger partial charge in [0.1, 0.15) is 11.6 Å². The fourth-order valence-corrected chi connectivity index (χ4v) is 2.71. The number of rotatable bonds is 3. The Morgan fingerprint density at radius 2 is 1.39 bits per heavy atom. The maximum absolute atomic E-state index is 14.6. The largest absolute Gasteiger partial charge is 0.451 e. The summed E-state index contributed by atoms with van der Waals surface area (Å²) in [6, 6.07) is 9.95. The minimum atomic E-state index is -1.69. The molecule has 142 valence electrons. The predicted octanol–water partition coefficient (Wildman–Crippen LogP) is 4.74. The monoisotopic (exact) mass is 388 g/mol. The summed E-state index contributed by atoms with van der Waals surface area (Å²) in [5.41, 5.74) is 11.6. The van der Waals surface area contributed by atoms with Gasteiger partial charge in [-0.25, -0.2) is 13.8 Å². The quantitative estimate of drug-likeness (QED) is 0.269. The minimum absolute atomic E-state index is 0.0437. The lowest BCUT2D eigenvalue weighted by molar-refractivity contribution is 0.368. The highest BCUT2D eigenvalue weighted by atomic mass is 19.2. The molecule has 0 fully saturated rings. The molecular weight excluding hydrogens is 376 g/mol. The van der Waals surface area contributed by atoms with Crippen molar-refractivity contribution in [1.29, 1.82) is 0 Å². The molecule has 0 amide bonds. The average Bonchev–Trinajstić information content (AvgIpc) is 3.08. The molecule has 4 aromatic rings. The maximum atomic E-state index is 14.6. The van der Waals surface area contributed by atoms with E-state index in [2.05, 4.69) is 9.97 Å². The normalized spacial score (nSPS) is 11.1. The van der Waals surface area contributed by atoms with Gasteiger partial charge in [0.2, 0.25) is 17.4 Å². The molecular formula is C19H12F4N4O. The van der Waals surface area contributed by atoms with Crippen LogP contribution < -0.4 is 16.2 Å². The van der Waals surface area contributed by atoms with Crippen LogP contribution in [0.1, 0.15) is 0 Å². The SMILES string of the molecule is Nc1ccc(Oc2c(F)c(F)c(-c3nc4ccc(N)cc4[nH]3)c(F)c2F)cc1. The number of anilines is 2. The number of benzene rings is 3. The van der Waals surface area contributed by atoms with Crippen molar-refractivity contribution in [3.05, 3.63) is 65.7 Å². The van der Waals surface area contributed by atoms with E-state index >= 15 is 0 Å². The lowest BCUT2D eigenvalue weighted by atomic mass is 10.1. The van der Waals surface area contributed by atoms with Crippen molar-refractivity contribution in [3.63, 3.8) is 0 Å². The van der Waals surface area contributed by atoms with Crippen LogP contribution >= 0.6 is 0 Å². The van der Waals surface area contributed by atoms with Gasteiger partial charge in [-0.1, -0.05) is 0 Å². The molecule has 0 bridgehead atoms. The lowest BCUT2D eigenvalue weighted by Gasteiger charge is -2.12. The first-order chi connectivity index (χ1) is 13.3. The fourth-order valence-electron chi connectivity index (χ4n) is 2.71. The molecule has 0 aliphatic heterocycles. The molecule has 5 nitrogen and oxygen atoms in total. The number of halogens is 4. The van der Waals surface area contributed by atoms with Gasteiger partial charge in [0, 0.05) is 11.4 Å². The maximum Gasteiger partial charge on any atom is 0.205 e. The summed E-state index contributed by atoms with van der Waals surface area (Å²) >= 11 is 0. The number of fused-ring (bicyclic) bond motifs is 1. The number of aromatic amines is 1. The van der Waals surface area contributed by atoms with Gasteiger partial charge in [-0.15, -0.1) is 0 Å². The van der Waals surface area contributed by atoms with Gasteiger partial charge in [0.25, 0.3) is 0 Å². The van der Waals surface area contributed by atoms with Crippen molar-refractivity contribution in [3.8, 4) is 22.9 Å². The summed E-state index contributed by atoms with van der Waals surface area (Å²) < 4.78 is 63.1. The second-order valence-electron chi connectivity index (χ2n) is 5.99. The summed E-state index contributed by atoms with van der Waals surface area (Å²) in [6.07, 6.45) is 0. The van der Waals surface area contributed by atoms with E-state index in [-0.39, 0.29) is 11.6 Å². The zero-order valence-corrected chi connectivity index (χ0v) is 14.1. The first kappa shape index (κ1) is 17.7. The van der Waals surface area contributed by atoms with E-state index in [0.29, 0.717) is 22.4 Å². The molecule has 1 aromatic heterocycles. The Kier molecular flexibility index (Phi) is 4.07. The molecule has 0 saturated carbocycles. The molecule has 1 heterocycles. The summed E-state index contributed by atoms with van der Waals surface area (Å²) in [5, 5.41) is 0. The molecule has 0 spiro atoms. The number of nitrogen functional groups attached to an aromatic ring is 2. The van der Waals surface area contributed by atoms with Gasteiger partial charge in [-0.3, -0.25) is 0 Å². The number of hydrogen-bond acceptors (Lipinski definition) is 4. The Bertz CT molecular complexity index is 1180. The highest BCUT2D eigenvalue weighted by Gasteiger charge is 2.29. The van der Waals surface area contributed by atoms with E-state index in [0.717, 1.165) is 0 Å². The number of H-pyrrole nitrogens is 1. The zero-order chi connectivity index (χ0) is 20.0. The molecule has 0 saturated heterocycles. The van der Waals surface area contributed by atoms with Crippen molar-refractivity contribution in [2.45, 2.75) is 0 Å². The number of nitrogens with zero attached hydrogens (tertiary/aromatic N) is 1. The number of nitrogens with two attached hydrogens (primary N) is 2. The third-order valence-corrected chi connectivity index (χ3v) is 4.07. The number of ether oxygens (including phenoxy) is 1. The van der Waals surface area contributed by atoms with Crippen LogP contribution in [0.5, 0.6) is 11.5 Å². The molecule has 0 unspecified atom stereocenters. The van der Waals surface area contributed by atoms with E-state index in [1.54, 1.807) is 0 Å². The second-order valence-corrected chi connectivity index (χ2v) is 5.99. The summed E-state index contributed by atoms with van der Waals surface area (Å²) in [4.78, 5) is 6.58. The Balaban J connectivity index is 1.84. The fraction of sp³-hybridized carbons (Fsp3) is 0. The average molecular weight is 388 g/mol. The van der Waals surface area contributed by atoms with Crippen LogP contribution in [0.3, 0.4) is 0 Å². The topological polar surface area (TPSA) is 89.9 Å². The smallest absolute Gasteiger partial charge is 0.205 e. The summed E-state index contributed by atoms with van der Waals surface area (Å²) in [6.45, 7) is 0. The van der Waals surface area contributed by atoms with E-state index in [4.69, 9.17) is 16.2 Å². The first-order valence-electron chi connectivity index (χ1n) is 8.00. The molecule has 0 atom stereocenters. The molecule has 9 heteroatoms. The van der Waals surface area contributed by atoms with Gasteiger partial charge in [0.05, 0.1) is 16.6 Å². The van der Waals surface area contributed by atoms with E-state index in [1.165, 1.54) is 42.5 Å². The number of aromatic nitrogens is 2. The molecule has 0 aliphatic carbocycles. The second kappa shape index (κ2) is 6.45. The number of nitrogens with one attached hydrogen (secondary N) is 1. The Morgan fingerprint density at radius 1 is 0.786 bits per heavy atom. The Hall–Kier alpha value is -3.75. The third-order valence-electron chi connectivity index (χ3n) is 4.07. The van der Waals surface area contributed by atoms with Gasteiger partial charge >= 0.3 is 0 Å². The van der Waals surface area contributed by atoms with Gasteiger partial charge < -0.3 is 21.2 Å². The highest BCUT2D eigenvalue weighted by molar-refractivity contribution is 5.82. The van der Waals surface area contributed by atoms with Crippen LogP contribution in [0.15, 0.2) is 42.5 Å². The van der Waals surface area contributed by atoms with Crippen molar-refractivity contribution < 1.29 is 22.3 Å². The van der Waals surface area contributed by atoms with Crippen LogP contribution in [-0.4, -0.2) is 9.97 Å². The van der Waals surface area contributed by atoms with Gasteiger partial charge in [-0.2, -0.15) is 8.78 Å². The van der Waals surface area contributed by atoms with Crippen LogP contribution in [0.4, 0.5) is 28.9 Å². The number of hydrogen-bond donors (Lipinski definition) is 3. The summed E-state index contributed by atoms with van der Waals surface area (Å²) in [5.74, 6) is -8.29. The van der Waals surface area contributed by atoms with Crippen LogP contribution in [0.25, 0.3) is 22.4 Å². The third kappa shape index (κ3) is 2.86. The van der Waals surface area contributed by atoms with Gasteiger partial charge in [-0.05, 0) is 42.5 Å². The molecule has 5 N–H and O–H groups in total. The van der Waals surface area contributed by atoms with Crippen molar-refractivity contribution in [1.82, 2.24) is 9.97 Å². The highest BCUT2D eigenvalue weighted by Crippen LogP contribution is 2.37. The standard InChI is InChI=1S/C19H12F4N4O/c20-14-13(19-26-11-6-3-9(25)7-12(11)27-19)15(21)17(23)18(16(14)22)28-10-4-1-8(24)2-5-10/h1-7H,24-25H2,(H,26,27). The molecule has 0 aliphatic rings. The van der Waals surface area contributed by atoms with Crippen molar-refractivity contribution >= 4 is 22.4 Å². The molecule has 3 aromatic carbocycles. The van der Waals surface area contributed by atoms with Gasteiger partial charge in [0.15, 0.2) is 11.6 Å².